The van der Waals surface area contributed by atoms with Gasteiger partial charge < -0.3 is 25.8 Å². The van der Waals surface area contributed by atoms with Gasteiger partial charge in [0.1, 0.15) is 6.04 Å². The second-order valence-electron chi connectivity index (χ2n) is 4.56. The molecule has 0 aromatic rings. The smallest absolute Gasteiger partial charge is 0.312 e. The van der Waals surface area contributed by atoms with Crippen LogP contribution in [-0.2, 0) is 9.53 Å². The zero-order valence-electron chi connectivity index (χ0n) is 11.3. The summed E-state index contributed by atoms with van der Waals surface area (Å²) in [5.74, 6) is -0.383. The number of likely N-dealkylation sites (N-methyl/N-ethyl adjacent to an activating group) is 1. The molecule has 0 rings (SSSR count). The van der Waals surface area contributed by atoms with E-state index in [0.717, 1.165) is 0 Å². The van der Waals surface area contributed by atoms with Gasteiger partial charge in [-0.1, -0.05) is 13.8 Å². The molecule has 0 bridgehead atoms. The fourth-order valence-electron chi connectivity index (χ4n) is 1.56. The summed E-state index contributed by atoms with van der Waals surface area (Å²) in [6, 6.07) is -1.44. The number of rotatable bonds is 7. The third-order valence-electron chi connectivity index (χ3n) is 2.45. The van der Waals surface area contributed by atoms with Crippen molar-refractivity contribution in [2.75, 3.05) is 27.3 Å². The maximum atomic E-state index is 12.1. The standard InChI is InChI=1S/C11H23N3O4/c1-7(2)9(13-11(12)17)10(16)14(3)5-8(15)6-18-4/h7-9,15H,5-6H2,1-4H3,(H3,12,13,17). The molecule has 0 fully saturated rings. The van der Waals surface area contributed by atoms with Crippen LogP contribution in [0.1, 0.15) is 13.8 Å². The number of nitrogens with one attached hydrogen (secondary N) is 1. The first-order valence-electron chi connectivity index (χ1n) is 5.77. The van der Waals surface area contributed by atoms with Crippen molar-refractivity contribution < 1.29 is 19.4 Å². The van der Waals surface area contributed by atoms with Crippen molar-refractivity contribution in [2.24, 2.45) is 11.7 Å². The summed E-state index contributed by atoms with van der Waals surface area (Å²) in [5, 5.41) is 11.9. The molecule has 3 amide bonds. The fraction of sp³-hybridized carbons (Fsp3) is 0.818. The summed E-state index contributed by atoms with van der Waals surface area (Å²) in [6.07, 6.45) is -0.759. The molecule has 0 aliphatic rings. The van der Waals surface area contributed by atoms with Crippen LogP contribution in [0.15, 0.2) is 0 Å². The number of aliphatic hydroxyl groups excluding tert-OH is 1. The van der Waals surface area contributed by atoms with Gasteiger partial charge in [-0.25, -0.2) is 4.79 Å². The summed E-state index contributed by atoms with van der Waals surface area (Å²) < 4.78 is 4.78. The lowest BCUT2D eigenvalue weighted by Crippen LogP contribution is -2.53. The molecule has 0 aliphatic heterocycles. The number of carbonyl (C=O) groups excluding carboxylic acids is 2. The van der Waals surface area contributed by atoms with E-state index in [1.807, 2.05) is 0 Å². The zero-order chi connectivity index (χ0) is 14.3. The number of hydrogen-bond acceptors (Lipinski definition) is 4. The van der Waals surface area contributed by atoms with Gasteiger partial charge in [-0.05, 0) is 5.92 Å². The quantitative estimate of drug-likeness (QED) is 0.555. The molecule has 4 N–H and O–H groups in total. The number of aliphatic hydroxyl groups is 1. The number of nitrogens with two attached hydrogens (primary N) is 1. The zero-order valence-corrected chi connectivity index (χ0v) is 11.3. The number of primary amides is 1. The molecule has 0 heterocycles. The molecule has 2 atom stereocenters. The summed E-state index contributed by atoms with van der Waals surface area (Å²) in [6.45, 7) is 3.89. The van der Waals surface area contributed by atoms with E-state index >= 15 is 0 Å². The Balaban J connectivity index is 4.51. The third kappa shape index (κ3) is 5.83. The highest BCUT2D eigenvalue weighted by Crippen LogP contribution is 2.06. The van der Waals surface area contributed by atoms with Crippen molar-refractivity contribution in [2.45, 2.75) is 26.0 Å². The van der Waals surface area contributed by atoms with Crippen LogP contribution in [-0.4, -0.2) is 61.4 Å². The highest BCUT2D eigenvalue weighted by molar-refractivity contribution is 5.86. The van der Waals surface area contributed by atoms with Gasteiger partial charge in [0.05, 0.1) is 12.7 Å². The predicted octanol–water partition coefficient (Wildman–Crippen LogP) is -0.855. The van der Waals surface area contributed by atoms with E-state index < -0.39 is 18.2 Å². The van der Waals surface area contributed by atoms with Gasteiger partial charge in [-0.2, -0.15) is 0 Å². The number of urea groups is 1. The van der Waals surface area contributed by atoms with Crippen LogP contribution in [0.2, 0.25) is 0 Å². The van der Waals surface area contributed by atoms with Gasteiger partial charge in [-0.15, -0.1) is 0 Å². The molecule has 106 valence electrons. The summed E-state index contributed by atoms with van der Waals surface area (Å²) in [4.78, 5) is 24.3. The second kappa shape index (κ2) is 7.88. The Labute approximate surface area is 107 Å². The lowest BCUT2D eigenvalue weighted by molar-refractivity contribution is -0.134. The first kappa shape index (κ1) is 16.7. The van der Waals surface area contributed by atoms with Crippen LogP contribution in [0.25, 0.3) is 0 Å². The van der Waals surface area contributed by atoms with Crippen molar-refractivity contribution in [1.29, 1.82) is 0 Å². The third-order valence-corrected chi connectivity index (χ3v) is 2.45. The molecule has 0 aliphatic carbocycles. The molecule has 2 unspecified atom stereocenters. The number of methoxy groups -OCH3 is 1. The van der Waals surface area contributed by atoms with E-state index in [1.165, 1.54) is 12.0 Å². The molecule has 0 aromatic heterocycles. The monoisotopic (exact) mass is 261 g/mol. The normalized spacial score (nSPS) is 14.1. The van der Waals surface area contributed by atoms with E-state index in [-0.39, 0.29) is 25.0 Å². The van der Waals surface area contributed by atoms with Crippen LogP contribution in [0.5, 0.6) is 0 Å². The molecule has 0 saturated carbocycles. The van der Waals surface area contributed by atoms with Gasteiger partial charge in [-0.3, -0.25) is 4.79 Å². The van der Waals surface area contributed by atoms with Crippen molar-refractivity contribution in [1.82, 2.24) is 10.2 Å². The van der Waals surface area contributed by atoms with Crippen LogP contribution in [0.4, 0.5) is 4.79 Å². The lowest BCUT2D eigenvalue weighted by Gasteiger charge is -2.27. The Kier molecular flexibility index (Phi) is 7.30. The molecule has 18 heavy (non-hydrogen) atoms. The number of amides is 3. The number of hydrogen-bond donors (Lipinski definition) is 3. The summed E-state index contributed by atoms with van der Waals surface area (Å²) in [5.41, 5.74) is 5.03. The van der Waals surface area contributed by atoms with Crippen molar-refractivity contribution in [3.05, 3.63) is 0 Å². The Hall–Kier alpha value is -1.34. The molecule has 0 spiro atoms. The molecule has 0 aromatic carbocycles. The average Bonchev–Trinajstić information content (AvgIpc) is 2.24. The van der Waals surface area contributed by atoms with Crippen LogP contribution < -0.4 is 11.1 Å². The maximum Gasteiger partial charge on any atom is 0.312 e. The average molecular weight is 261 g/mol. The van der Waals surface area contributed by atoms with Crippen molar-refractivity contribution in [3.63, 3.8) is 0 Å². The number of ether oxygens (including phenoxy) is 1. The van der Waals surface area contributed by atoms with Crippen molar-refractivity contribution in [3.8, 4) is 0 Å². The highest BCUT2D eigenvalue weighted by atomic mass is 16.5. The Morgan fingerprint density at radius 1 is 1.44 bits per heavy atom. The van der Waals surface area contributed by atoms with E-state index in [0.29, 0.717) is 0 Å². The first-order valence-corrected chi connectivity index (χ1v) is 5.77. The summed E-state index contributed by atoms with van der Waals surface area (Å²) >= 11 is 0. The molecule has 7 heteroatoms. The largest absolute Gasteiger partial charge is 0.389 e. The Morgan fingerprint density at radius 3 is 2.39 bits per heavy atom. The highest BCUT2D eigenvalue weighted by Gasteiger charge is 2.27. The van der Waals surface area contributed by atoms with Gasteiger partial charge >= 0.3 is 6.03 Å². The molecular formula is C11H23N3O4. The number of carbonyl (C=O) groups is 2. The molecule has 0 saturated heterocycles. The number of nitrogens with zero attached hydrogens (tertiary/aromatic N) is 1. The van der Waals surface area contributed by atoms with Gasteiger partial charge in [0.15, 0.2) is 0 Å². The maximum absolute atomic E-state index is 12.1. The summed E-state index contributed by atoms with van der Waals surface area (Å²) in [7, 11) is 3.02. The Bertz CT molecular complexity index is 283. The van der Waals surface area contributed by atoms with E-state index in [1.54, 1.807) is 20.9 Å². The molecule has 7 nitrogen and oxygen atoms in total. The van der Waals surface area contributed by atoms with Gasteiger partial charge in [0.25, 0.3) is 0 Å². The SMILES string of the molecule is COCC(O)CN(C)C(=O)C(NC(N)=O)C(C)C. The second-order valence-corrected chi connectivity index (χ2v) is 4.56. The van der Waals surface area contributed by atoms with Crippen molar-refractivity contribution >= 4 is 11.9 Å². The van der Waals surface area contributed by atoms with E-state index in [4.69, 9.17) is 10.5 Å². The lowest BCUT2D eigenvalue weighted by atomic mass is 10.0. The topological polar surface area (TPSA) is 105 Å². The minimum Gasteiger partial charge on any atom is -0.389 e. The van der Waals surface area contributed by atoms with E-state index in [2.05, 4.69) is 5.32 Å². The minimum atomic E-state index is -0.759. The van der Waals surface area contributed by atoms with E-state index in [9.17, 15) is 14.7 Å². The van der Waals surface area contributed by atoms with Crippen LogP contribution >= 0.6 is 0 Å². The minimum absolute atomic E-state index is 0.0907. The molecular weight excluding hydrogens is 238 g/mol. The van der Waals surface area contributed by atoms with Gasteiger partial charge in [0, 0.05) is 20.7 Å². The molecule has 0 radical (unpaired) electrons. The fourth-order valence-corrected chi connectivity index (χ4v) is 1.56. The van der Waals surface area contributed by atoms with Crippen LogP contribution in [0, 0.1) is 5.92 Å². The first-order chi connectivity index (χ1) is 8.29. The van der Waals surface area contributed by atoms with Gasteiger partial charge in [0.2, 0.25) is 5.91 Å². The Morgan fingerprint density at radius 2 is 2.00 bits per heavy atom. The predicted molar refractivity (Wildman–Crippen MR) is 66.9 cm³/mol. The van der Waals surface area contributed by atoms with Crippen LogP contribution in [0.3, 0.4) is 0 Å².